The summed E-state index contributed by atoms with van der Waals surface area (Å²) >= 11 is 0. The van der Waals surface area contributed by atoms with E-state index in [2.05, 4.69) is 9.97 Å². The maximum Gasteiger partial charge on any atom is 0.511 e. The first kappa shape index (κ1) is 15.3. The van der Waals surface area contributed by atoms with Crippen LogP contribution in [0.1, 0.15) is 43.8 Å². The molecular weight excluding hydrogens is 296 g/mol. The molecule has 0 bridgehead atoms. The lowest BCUT2D eigenvalue weighted by Crippen LogP contribution is -2.20. The van der Waals surface area contributed by atoms with Crippen LogP contribution in [0.5, 0.6) is 5.75 Å². The third-order valence-corrected chi connectivity index (χ3v) is 4.43. The lowest BCUT2D eigenvalue weighted by Gasteiger charge is -2.26. The fourth-order valence-electron chi connectivity index (χ4n) is 3.35. The van der Waals surface area contributed by atoms with E-state index in [1.807, 2.05) is 6.07 Å². The molecule has 0 unspecified atom stereocenters. The van der Waals surface area contributed by atoms with Gasteiger partial charge in [0.15, 0.2) is 5.75 Å². The highest BCUT2D eigenvalue weighted by molar-refractivity contribution is 5.83. The van der Waals surface area contributed by atoms with Crippen molar-refractivity contribution in [2.24, 2.45) is 11.7 Å². The van der Waals surface area contributed by atoms with Gasteiger partial charge in [-0.2, -0.15) is 0 Å². The molecule has 0 saturated heterocycles. The molecule has 0 atom stereocenters. The van der Waals surface area contributed by atoms with E-state index in [1.165, 1.54) is 0 Å². The number of nitrogens with two attached hydrogens (primary N) is 1. The van der Waals surface area contributed by atoms with Crippen molar-refractivity contribution in [2.45, 2.75) is 38.0 Å². The lowest BCUT2D eigenvalue weighted by molar-refractivity contribution is 0.145. The van der Waals surface area contributed by atoms with E-state index in [-0.39, 0.29) is 11.6 Å². The van der Waals surface area contributed by atoms with E-state index in [0.29, 0.717) is 23.8 Å². The normalized spacial score (nSPS) is 21.2. The van der Waals surface area contributed by atoms with E-state index in [4.69, 9.17) is 21.0 Å². The summed E-state index contributed by atoms with van der Waals surface area (Å²) in [5, 5.41) is 16.2. The van der Waals surface area contributed by atoms with Crippen LogP contribution in [0.25, 0.3) is 11.0 Å². The quantitative estimate of drug-likeness (QED) is 0.298. The van der Waals surface area contributed by atoms with Gasteiger partial charge >= 0.3 is 6.16 Å². The number of benzene rings is 1. The van der Waals surface area contributed by atoms with Crippen LogP contribution in [0, 0.1) is 11.3 Å². The molecule has 0 amide bonds. The number of aromatic nitrogens is 2. The smallest absolute Gasteiger partial charge is 0.449 e. The number of hydrogen-bond acceptors (Lipinski definition) is 4. The Hall–Kier alpha value is -2.57. The minimum absolute atomic E-state index is 0.253. The Morgan fingerprint density at radius 3 is 2.78 bits per heavy atom. The maximum atomic E-state index is 10.8. The van der Waals surface area contributed by atoms with Crippen molar-refractivity contribution in [3.63, 3.8) is 0 Å². The van der Waals surface area contributed by atoms with Crippen LogP contribution >= 0.6 is 0 Å². The van der Waals surface area contributed by atoms with E-state index in [1.54, 1.807) is 12.1 Å². The summed E-state index contributed by atoms with van der Waals surface area (Å²) in [6, 6.07) is 5.21. The predicted molar refractivity (Wildman–Crippen MR) is 86.0 cm³/mol. The molecule has 1 saturated carbocycles. The van der Waals surface area contributed by atoms with Crippen molar-refractivity contribution in [1.29, 1.82) is 5.41 Å². The molecule has 1 fully saturated rings. The molecule has 122 valence electrons. The van der Waals surface area contributed by atoms with E-state index in [0.717, 1.165) is 37.0 Å². The molecule has 1 aromatic carbocycles. The summed E-state index contributed by atoms with van der Waals surface area (Å²) in [6.07, 6.45) is 3.37. The Balaban J connectivity index is 1.76. The Morgan fingerprint density at radius 1 is 1.39 bits per heavy atom. The van der Waals surface area contributed by atoms with Gasteiger partial charge < -0.3 is 20.6 Å². The van der Waals surface area contributed by atoms with Gasteiger partial charge in [0, 0.05) is 12.3 Å². The summed E-state index contributed by atoms with van der Waals surface area (Å²) in [7, 11) is 0. The zero-order chi connectivity index (χ0) is 16.4. The molecule has 1 heterocycles. The number of nitrogens with zero attached hydrogens (tertiary/aromatic N) is 1. The maximum absolute atomic E-state index is 10.8. The topological polar surface area (TPSA) is 125 Å². The molecule has 1 aliphatic rings. The number of fused-ring (bicyclic) bond motifs is 1. The Kier molecular flexibility index (Phi) is 4.18. The third kappa shape index (κ3) is 3.44. The summed E-state index contributed by atoms with van der Waals surface area (Å²) < 4.78 is 4.79. The molecule has 7 heteroatoms. The van der Waals surface area contributed by atoms with Crippen molar-refractivity contribution in [3.8, 4) is 5.75 Å². The number of imidazole rings is 1. The second-order valence-electron chi connectivity index (χ2n) is 6.09. The average Bonchev–Trinajstić information content (AvgIpc) is 2.92. The summed E-state index contributed by atoms with van der Waals surface area (Å²) in [5.74, 6) is 2.19. The van der Waals surface area contributed by atoms with Gasteiger partial charge in [-0.25, -0.2) is 9.78 Å². The molecule has 23 heavy (non-hydrogen) atoms. The number of para-hydroxylation sites is 1. The zero-order valence-electron chi connectivity index (χ0n) is 12.7. The van der Waals surface area contributed by atoms with Gasteiger partial charge in [-0.05, 0) is 43.7 Å². The van der Waals surface area contributed by atoms with Gasteiger partial charge in [0.05, 0.1) is 11.4 Å². The Morgan fingerprint density at radius 2 is 2.13 bits per heavy atom. The van der Waals surface area contributed by atoms with Crippen LogP contribution in [-0.4, -0.2) is 27.1 Å². The van der Waals surface area contributed by atoms with Crippen molar-refractivity contribution in [1.82, 2.24) is 9.97 Å². The largest absolute Gasteiger partial charge is 0.511 e. The van der Waals surface area contributed by atoms with Crippen LogP contribution in [0.15, 0.2) is 18.2 Å². The van der Waals surface area contributed by atoms with Crippen LogP contribution in [-0.2, 0) is 0 Å². The van der Waals surface area contributed by atoms with Gasteiger partial charge in [-0.15, -0.1) is 0 Å². The second kappa shape index (κ2) is 6.28. The number of nitrogens with one attached hydrogen (secondary N) is 2. The summed E-state index contributed by atoms with van der Waals surface area (Å²) in [6.45, 7) is 0. The molecule has 1 aliphatic carbocycles. The molecule has 0 aliphatic heterocycles. The molecule has 1 aromatic heterocycles. The van der Waals surface area contributed by atoms with Crippen molar-refractivity contribution < 1.29 is 14.6 Å². The van der Waals surface area contributed by atoms with Gasteiger partial charge in [-0.1, -0.05) is 6.07 Å². The minimum atomic E-state index is -1.34. The molecule has 5 N–H and O–H groups in total. The molecular formula is C16H20N4O3. The third-order valence-electron chi connectivity index (χ3n) is 4.43. The van der Waals surface area contributed by atoms with Crippen LogP contribution in [0.4, 0.5) is 4.79 Å². The van der Waals surface area contributed by atoms with Crippen LogP contribution in [0.3, 0.4) is 0 Å². The number of H-pyrrole nitrogens is 1. The van der Waals surface area contributed by atoms with Crippen molar-refractivity contribution in [2.75, 3.05) is 0 Å². The molecule has 3 rings (SSSR count). The Bertz CT molecular complexity index is 732. The highest BCUT2D eigenvalue weighted by Crippen LogP contribution is 2.37. The first-order valence-corrected chi connectivity index (χ1v) is 7.75. The Labute approximate surface area is 133 Å². The number of carboxylic acid groups (broad SMARTS) is 1. The number of rotatable bonds is 4. The highest BCUT2D eigenvalue weighted by atomic mass is 16.7. The van der Waals surface area contributed by atoms with E-state index < -0.39 is 6.16 Å². The molecule has 7 nitrogen and oxygen atoms in total. The second-order valence-corrected chi connectivity index (χ2v) is 6.09. The zero-order valence-corrected chi connectivity index (χ0v) is 12.7. The first-order valence-electron chi connectivity index (χ1n) is 7.75. The van der Waals surface area contributed by atoms with Gasteiger partial charge in [0.25, 0.3) is 0 Å². The standard InChI is InChI=1S/C16H20N4O3/c17-13(18)8-9-4-6-10(7-5-9)15-19-11-2-1-3-12(14(11)20-15)23-16(21)22/h1-3,9-10H,4-8H2,(H3,17,18)(H,19,20)(H,21,22). The number of carbonyl (C=O) groups is 1. The monoisotopic (exact) mass is 316 g/mol. The van der Waals surface area contributed by atoms with Crippen LogP contribution < -0.4 is 10.5 Å². The van der Waals surface area contributed by atoms with Gasteiger partial charge in [0.2, 0.25) is 0 Å². The van der Waals surface area contributed by atoms with E-state index >= 15 is 0 Å². The molecule has 0 radical (unpaired) electrons. The minimum Gasteiger partial charge on any atom is -0.449 e. The number of hydrogen-bond donors (Lipinski definition) is 4. The highest BCUT2D eigenvalue weighted by Gasteiger charge is 2.25. The summed E-state index contributed by atoms with van der Waals surface area (Å²) in [5.41, 5.74) is 6.81. The van der Waals surface area contributed by atoms with Crippen molar-refractivity contribution in [3.05, 3.63) is 24.0 Å². The van der Waals surface area contributed by atoms with Crippen molar-refractivity contribution >= 4 is 23.0 Å². The predicted octanol–water partition coefficient (Wildman–Crippen LogP) is 3.22. The number of ether oxygens (including phenoxy) is 1. The SMILES string of the molecule is N=C(N)CC1CCC(c2nc3c(OC(=O)O)cccc3[nH]2)CC1. The molecule has 2 aromatic rings. The van der Waals surface area contributed by atoms with Gasteiger partial charge in [-0.3, -0.25) is 5.41 Å². The lowest BCUT2D eigenvalue weighted by atomic mass is 9.80. The van der Waals surface area contributed by atoms with Crippen LogP contribution in [0.2, 0.25) is 0 Å². The first-order chi connectivity index (χ1) is 11.0. The number of aromatic amines is 1. The fraction of sp³-hybridized carbons (Fsp3) is 0.438. The molecule has 0 spiro atoms. The fourth-order valence-corrected chi connectivity index (χ4v) is 3.35. The van der Waals surface area contributed by atoms with E-state index in [9.17, 15) is 4.79 Å². The van der Waals surface area contributed by atoms with Gasteiger partial charge in [0.1, 0.15) is 11.3 Å². The number of amidine groups is 1. The average molecular weight is 316 g/mol. The summed E-state index contributed by atoms with van der Waals surface area (Å²) in [4.78, 5) is 18.6.